The molecule has 2 aromatic carbocycles. The molecule has 18 heavy (non-hydrogen) atoms. The van der Waals surface area contributed by atoms with Crippen LogP contribution in [0.5, 0.6) is 11.5 Å². The predicted octanol–water partition coefficient (Wildman–Crippen LogP) is 3.87. The molecule has 2 heteroatoms. The molecule has 0 bridgehead atoms. The van der Waals surface area contributed by atoms with Gasteiger partial charge in [-0.3, -0.25) is 0 Å². The highest BCUT2D eigenvalue weighted by Gasteiger charge is 2.02. The number of hydrogen-bond acceptors (Lipinski definition) is 2. The molecule has 0 saturated heterocycles. The molecule has 0 spiro atoms. The normalized spacial score (nSPS) is 10.6. The summed E-state index contributed by atoms with van der Waals surface area (Å²) in [5.74, 6) is 1.49. The summed E-state index contributed by atoms with van der Waals surface area (Å²) < 4.78 is 10.5. The largest absolute Gasteiger partial charge is 0.493 e. The standard InChI is InChI=1S/C16H16O2/c1-17-15-11-10-14(12-16(15)18-2)9-8-13-6-4-3-5-7-13/h3-12H,1-2H3/b9-8+. The summed E-state index contributed by atoms with van der Waals surface area (Å²) in [5.41, 5.74) is 2.25. The van der Waals surface area contributed by atoms with Crippen LogP contribution in [0.15, 0.2) is 48.5 Å². The van der Waals surface area contributed by atoms with E-state index in [1.54, 1.807) is 14.2 Å². The van der Waals surface area contributed by atoms with Gasteiger partial charge in [-0.15, -0.1) is 0 Å². The molecular weight excluding hydrogens is 224 g/mol. The van der Waals surface area contributed by atoms with Gasteiger partial charge in [-0.2, -0.15) is 0 Å². The Hall–Kier alpha value is -2.22. The smallest absolute Gasteiger partial charge is 0.161 e. The SMILES string of the molecule is COc1ccc(/C=C/c2ccccc2)cc1OC. The van der Waals surface area contributed by atoms with E-state index in [2.05, 4.69) is 24.3 Å². The molecule has 0 aliphatic carbocycles. The third-order valence-electron chi connectivity index (χ3n) is 2.68. The summed E-state index contributed by atoms with van der Waals surface area (Å²) in [4.78, 5) is 0. The van der Waals surface area contributed by atoms with Crippen LogP contribution in [0.4, 0.5) is 0 Å². The number of ether oxygens (including phenoxy) is 2. The third kappa shape index (κ3) is 2.92. The highest BCUT2D eigenvalue weighted by molar-refractivity contribution is 5.70. The second kappa shape index (κ2) is 5.92. The van der Waals surface area contributed by atoms with Crippen LogP contribution < -0.4 is 9.47 Å². The zero-order valence-corrected chi connectivity index (χ0v) is 10.6. The first-order valence-corrected chi connectivity index (χ1v) is 5.78. The Balaban J connectivity index is 2.22. The highest BCUT2D eigenvalue weighted by atomic mass is 16.5. The van der Waals surface area contributed by atoms with Crippen molar-refractivity contribution in [1.82, 2.24) is 0 Å². The van der Waals surface area contributed by atoms with Gasteiger partial charge in [-0.05, 0) is 23.3 Å². The lowest BCUT2D eigenvalue weighted by Gasteiger charge is -2.07. The number of hydrogen-bond donors (Lipinski definition) is 0. The number of benzene rings is 2. The molecule has 0 unspecified atom stereocenters. The first-order valence-electron chi connectivity index (χ1n) is 5.78. The molecule has 0 N–H and O–H groups in total. The van der Waals surface area contributed by atoms with Crippen molar-refractivity contribution in [1.29, 1.82) is 0 Å². The van der Waals surface area contributed by atoms with Crippen molar-refractivity contribution in [2.75, 3.05) is 14.2 Å². The minimum atomic E-state index is 0.743. The van der Waals surface area contributed by atoms with Crippen LogP contribution in [0, 0.1) is 0 Å². The maximum atomic E-state index is 5.27. The molecule has 2 nitrogen and oxygen atoms in total. The van der Waals surface area contributed by atoms with Crippen LogP contribution in [0.3, 0.4) is 0 Å². The van der Waals surface area contributed by atoms with E-state index >= 15 is 0 Å². The van der Waals surface area contributed by atoms with Crippen LogP contribution in [0.1, 0.15) is 11.1 Å². The Labute approximate surface area is 107 Å². The molecular formula is C16H16O2. The van der Waals surface area contributed by atoms with Crippen molar-refractivity contribution in [2.45, 2.75) is 0 Å². The second-order valence-electron chi connectivity index (χ2n) is 3.86. The summed E-state index contributed by atoms with van der Waals surface area (Å²) in [6.07, 6.45) is 4.12. The van der Waals surface area contributed by atoms with E-state index in [0.29, 0.717) is 0 Å². The molecule has 0 atom stereocenters. The summed E-state index contributed by atoms with van der Waals surface area (Å²) in [5, 5.41) is 0. The third-order valence-corrected chi connectivity index (χ3v) is 2.68. The average molecular weight is 240 g/mol. The quantitative estimate of drug-likeness (QED) is 0.755. The lowest BCUT2D eigenvalue weighted by Crippen LogP contribution is -1.90. The lowest BCUT2D eigenvalue weighted by atomic mass is 10.1. The second-order valence-corrected chi connectivity index (χ2v) is 3.86. The summed E-state index contributed by atoms with van der Waals surface area (Å²) in [6, 6.07) is 16.0. The van der Waals surface area contributed by atoms with Crippen LogP contribution in [0.25, 0.3) is 12.2 Å². The lowest BCUT2D eigenvalue weighted by molar-refractivity contribution is 0.355. The first kappa shape index (κ1) is 12.2. The Morgan fingerprint density at radius 3 is 2.06 bits per heavy atom. The first-order chi connectivity index (χ1) is 8.83. The van der Waals surface area contributed by atoms with E-state index in [1.807, 2.05) is 36.4 Å². The van der Waals surface area contributed by atoms with Crippen molar-refractivity contribution < 1.29 is 9.47 Å². The summed E-state index contributed by atoms with van der Waals surface area (Å²) in [6.45, 7) is 0. The van der Waals surface area contributed by atoms with Gasteiger partial charge < -0.3 is 9.47 Å². The fourth-order valence-electron chi connectivity index (χ4n) is 1.71. The molecule has 0 heterocycles. The minimum absolute atomic E-state index is 0.743. The van der Waals surface area contributed by atoms with Crippen molar-refractivity contribution in [3.8, 4) is 11.5 Å². The van der Waals surface area contributed by atoms with Gasteiger partial charge >= 0.3 is 0 Å². The number of rotatable bonds is 4. The molecule has 0 aromatic heterocycles. The van der Waals surface area contributed by atoms with E-state index in [1.165, 1.54) is 5.56 Å². The van der Waals surface area contributed by atoms with Crippen LogP contribution in [-0.4, -0.2) is 14.2 Å². The van der Waals surface area contributed by atoms with Crippen molar-refractivity contribution in [2.24, 2.45) is 0 Å². The van der Waals surface area contributed by atoms with Crippen LogP contribution in [-0.2, 0) is 0 Å². The van der Waals surface area contributed by atoms with E-state index < -0.39 is 0 Å². The molecule has 0 aliphatic heterocycles. The van der Waals surface area contributed by atoms with Gasteiger partial charge in [0.2, 0.25) is 0 Å². The van der Waals surface area contributed by atoms with E-state index in [-0.39, 0.29) is 0 Å². The number of methoxy groups -OCH3 is 2. The van der Waals surface area contributed by atoms with Crippen molar-refractivity contribution in [3.63, 3.8) is 0 Å². The molecule has 2 aromatic rings. The van der Waals surface area contributed by atoms with Crippen molar-refractivity contribution >= 4 is 12.2 Å². The fourth-order valence-corrected chi connectivity index (χ4v) is 1.71. The topological polar surface area (TPSA) is 18.5 Å². The Morgan fingerprint density at radius 2 is 1.39 bits per heavy atom. The van der Waals surface area contributed by atoms with Gasteiger partial charge in [-0.1, -0.05) is 48.6 Å². The van der Waals surface area contributed by atoms with Gasteiger partial charge in [0.15, 0.2) is 11.5 Å². The Bertz CT molecular complexity index is 530. The van der Waals surface area contributed by atoms with Gasteiger partial charge in [0.25, 0.3) is 0 Å². The van der Waals surface area contributed by atoms with Gasteiger partial charge in [0, 0.05) is 0 Å². The molecule has 92 valence electrons. The van der Waals surface area contributed by atoms with E-state index in [4.69, 9.17) is 9.47 Å². The Morgan fingerprint density at radius 1 is 0.722 bits per heavy atom. The van der Waals surface area contributed by atoms with Crippen molar-refractivity contribution in [3.05, 3.63) is 59.7 Å². The van der Waals surface area contributed by atoms with E-state index in [9.17, 15) is 0 Å². The molecule has 0 aliphatic rings. The van der Waals surface area contributed by atoms with Crippen LogP contribution in [0.2, 0.25) is 0 Å². The molecule has 2 rings (SSSR count). The zero-order valence-electron chi connectivity index (χ0n) is 10.6. The molecule has 0 fully saturated rings. The fraction of sp³-hybridized carbons (Fsp3) is 0.125. The van der Waals surface area contributed by atoms with Crippen LogP contribution >= 0.6 is 0 Å². The monoisotopic (exact) mass is 240 g/mol. The zero-order chi connectivity index (χ0) is 12.8. The van der Waals surface area contributed by atoms with Gasteiger partial charge in [-0.25, -0.2) is 0 Å². The summed E-state index contributed by atoms with van der Waals surface area (Å²) in [7, 11) is 3.28. The average Bonchev–Trinajstić information content (AvgIpc) is 2.45. The maximum Gasteiger partial charge on any atom is 0.161 e. The van der Waals surface area contributed by atoms with Gasteiger partial charge in [0.1, 0.15) is 0 Å². The van der Waals surface area contributed by atoms with Gasteiger partial charge in [0.05, 0.1) is 14.2 Å². The highest BCUT2D eigenvalue weighted by Crippen LogP contribution is 2.28. The maximum absolute atomic E-state index is 5.27. The predicted molar refractivity (Wildman–Crippen MR) is 74.9 cm³/mol. The van der Waals surface area contributed by atoms with E-state index in [0.717, 1.165) is 17.1 Å². The molecule has 0 radical (unpaired) electrons. The molecule has 0 saturated carbocycles. The Kier molecular flexibility index (Phi) is 4.02. The minimum Gasteiger partial charge on any atom is -0.493 e. The summed E-state index contributed by atoms with van der Waals surface area (Å²) >= 11 is 0. The molecule has 0 amide bonds.